The number of anilines is 1. The van der Waals surface area contributed by atoms with Gasteiger partial charge in [-0.15, -0.1) is 0 Å². The highest BCUT2D eigenvalue weighted by Crippen LogP contribution is 2.22. The third-order valence-corrected chi connectivity index (χ3v) is 3.72. The zero-order valence-corrected chi connectivity index (χ0v) is 13.5. The largest absolute Gasteiger partial charge is 0.392 e. The molecule has 0 aliphatic carbocycles. The number of aliphatic hydroxyl groups excluding tert-OH is 1. The Morgan fingerprint density at radius 2 is 1.83 bits per heavy atom. The second-order valence-corrected chi connectivity index (χ2v) is 5.53. The first kappa shape index (κ1) is 17.3. The lowest BCUT2D eigenvalue weighted by atomic mass is 10.2. The number of rotatable bonds is 5. The molecule has 2 amide bonds. The summed E-state index contributed by atoms with van der Waals surface area (Å²) in [6.07, 6.45) is 0. The molecule has 0 radical (unpaired) electrons. The molecule has 0 spiro atoms. The lowest BCUT2D eigenvalue weighted by molar-refractivity contribution is -0.115. The molecule has 2 aromatic carbocycles. The SMILES string of the molecule is O=C(CNC(=O)c1ccc(Cl)c(Cl)c1)Nc1cccc(CO)c1. The number of aliphatic hydroxyl groups is 1. The Balaban J connectivity index is 1.90. The summed E-state index contributed by atoms with van der Waals surface area (Å²) in [4.78, 5) is 23.8. The van der Waals surface area contributed by atoms with Crippen molar-refractivity contribution in [1.29, 1.82) is 0 Å². The van der Waals surface area contributed by atoms with E-state index in [9.17, 15) is 9.59 Å². The van der Waals surface area contributed by atoms with E-state index in [1.54, 1.807) is 24.3 Å². The van der Waals surface area contributed by atoms with Gasteiger partial charge in [0.15, 0.2) is 0 Å². The molecule has 0 saturated heterocycles. The van der Waals surface area contributed by atoms with Crippen molar-refractivity contribution in [3.8, 4) is 0 Å². The van der Waals surface area contributed by atoms with Gasteiger partial charge >= 0.3 is 0 Å². The van der Waals surface area contributed by atoms with Crippen LogP contribution in [0.15, 0.2) is 42.5 Å². The molecule has 0 fully saturated rings. The second-order valence-electron chi connectivity index (χ2n) is 4.72. The molecule has 0 aliphatic rings. The molecule has 120 valence electrons. The topological polar surface area (TPSA) is 78.4 Å². The van der Waals surface area contributed by atoms with Gasteiger partial charge in [-0.2, -0.15) is 0 Å². The lowest BCUT2D eigenvalue weighted by Crippen LogP contribution is -2.32. The molecule has 3 N–H and O–H groups in total. The molecule has 0 bridgehead atoms. The molecule has 0 aliphatic heterocycles. The lowest BCUT2D eigenvalue weighted by Gasteiger charge is -2.08. The van der Waals surface area contributed by atoms with Crippen LogP contribution in [0.4, 0.5) is 5.69 Å². The van der Waals surface area contributed by atoms with E-state index in [-0.39, 0.29) is 24.1 Å². The number of hydrogen-bond acceptors (Lipinski definition) is 3. The van der Waals surface area contributed by atoms with Crippen molar-refractivity contribution in [2.24, 2.45) is 0 Å². The van der Waals surface area contributed by atoms with Crippen LogP contribution >= 0.6 is 23.2 Å². The van der Waals surface area contributed by atoms with Gasteiger partial charge in [0.05, 0.1) is 23.2 Å². The van der Waals surface area contributed by atoms with Gasteiger partial charge < -0.3 is 15.7 Å². The summed E-state index contributed by atoms with van der Waals surface area (Å²) in [5.41, 5.74) is 1.54. The Kier molecular flexibility index (Phi) is 5.98. The molecule has 5 nitrogen and oxygen atoms in total. The van der Waals surface area contributed by atoms with E-state index in [2.05, 4.69) is 10.6 Å². The highest BCUT2D eigenvalue weighted by atomic mass is 35.5. The minimum Gasteiger partial charge on any atom is -0.392 e. The molecule has 7 heteroatoms. The number of carbonyl (C=O) groups excluding carboxylic acids is 2. The Bertz CT molecular complexity index is 735. The number of nitrogens with one attached hydrogen (secondary N) is 2. The number of carbonyl (C=O) groups is 2. The quantitative estimate of drug-likeness (QED) is 0.774. The fraction of sp³-hybridized carbons (Fsp3) is 0.125. The van der Waals surface area contributed by atoms with Gasteiger partial charge in [-0.3, -0.25) is 9.59 Å². The van der Waals surface area contributed by atoms with E-state index < -0.39 is 5.91 Å². The van der Waals surface area contributed by atoms with E-state index in [4.69, 9.17) is 28.3 Å². The van der Waals surface area contributed by atoms with E-state index in [0.717, 1.165) is 0 Å². The van der Waals surface area contributed by atoms with E-state index >= 15 is 0 Å². The van der Waals surface area contributed by atoms with Crippen molar-refractivity contribution in [2.75, 3.05) is 11.9 Å². The predicted molar refractivity (Wildman–Crippen MR) is 89.8 cm³/mol. The second kappa shape index (κ2) is 7.97. The van der Waals surface area contributed by atoms with Crippen LogP contribution < -0.4 is 10.6 Å². The Morgan fingerprint density at radius 1 is 1.04 bits per heavy atom. The maximum Gasteiger partial charge on any atom is 0.251 e. The van der Waals surface area contributed by atoms with Crippen LogP contribution in [0.1, 0.15) is 15.9 Å². The summed E-state index contributed by atoms with van der Waals surface area (Å²) in [5.74, 6) is -0.809. The molecule has 0 saturated carbocycles. The van der Waals surface area contributed by atoms with Crippen LogP contribution in [0.5, 0.6) is 0 Å². The third kappa shape index (κ3) is 4.96. The zero-order valence-electron chi connectivity index (χ0n) is 12.0. The first-order valence-corrected chi connectivity index (χ1v) is 7.48. The Morgan fingerprint density at radius 3 is 2.52 bits per heavy atom. The molecule has 2 aromatic rings. The maximum absolute atomic E-state index is 11.9. The summed E-state index contributed by atoms with van der Waals surface area (Å²) in [6, 6.07) is 11.3. The smallest absolute Gasteiger partial charge is 0.251 e. The van der Waals surface area contributed by atoms with E-state index in [1.807, 2.05) is 0 Å². The van der Waals surface area contributed by atoms with Gasteiger partial charge in [0.2, 0.25) is 5.91 Å². The summed E-state index contributed by atoms with van der Waals surface area (Å²) < 4.78 is 0. The van der Waals surface area contributed by atoms with Crippen LogP contribution in [0.3, 0.4) is 0 Å². The van der Waals surface area contributed by atoms with Crippen LogP contribution in [0.25, 0.3) is 0 Å². The highest BCUT2D eigenvalue weighted by molar-refractivity contribution is 6.42. The average Bonchev–Trinajstić information content (AvgIpc) is 2.55. The predicted octanol–water partition coefficient (Wildman–Crippen LogP) is 2.85. The summed E-state index contributed by atoms with van der Waals surface area (Å²) in [5, 5.41) is 14.8. The van der Waals surface area contributed by atoms with Gasteiger partial charge in [-0.25, -0.2) is 0 Å². The number of hydrogen-bond donors (Lipinski definition) is 3. The fourth-order valence-electron chi connectivity index (χ4n) is 1.85. The Labute approximate surface area is 143 Å². The van der Waals surface area contributed by atoms with Crippen molar-refractivity contribution in [3.05, 3.63) is 63.6 Å². The van der Waals surface area contributed by atoms with Crippen molar-refractivity contribution >= 4 is 40.7 Å². The molecular weight excluding hydrogens is 339 g/mol. The van der Waals surface area contributed by atoms with Crippen molar-refractivity contribution < 1.29 is 14.7 Å². The van der Waals surface area contributed by atoms with Gasteiger partial charge in [0.25, 0.3) is 5.91 Å². The molecule has 0 heterocycles. The van der Waals surface area contributed by atoms with Crippen LogP contribution in [-0.4, -0.2) is 23.5 Å². The Hall–Kier alpha value is -2.08. The van der Waals surface area contributed by atoms with E-state index in [0.29, 0.717) is 21.8 Å². The monoisotopic (exact) mass is 352 g/mol. The number of halogens is 2. The van der Waals surface area contributed by atoms with Crippen LogP contribution in [0, 0.1) is 0 Å². The van der Waals surface area contributed by atoms with Gasteiger partial charge in [0.1, 0.15) is 0 Å². The fourth-order valence-corrected chi connectivity index (χ4v) is 2.15. The van der Waals surface area contributed by atoms with Gasteiger partial charge in [0, 0.05) is 11.3 Å². The summed E-state index contributed by atoms with van der Waals surface area (Å²) in [7, 11) is 0. The minimum atomic E-state index is -0.428. The molecule has 0 atom stereocenters. The standard InChI is InChI=1S/C16H14Cl2N2O3/c17-13-5-4-11(7-14(13)18)16(23)19-8-15(22)20-12-3-1-2-10(6-12)9-21/h1-7,21H,8-9H2,(H,19,23)(H,20,22). The highest BCUT2D eigenvalue weighted by Gasteiger charge is 2.10. The van der Waals surface area contributed by atoms with Crippen LogP contribution in [0.2, 0.25) is 10.0 Å². The number of amides is 2. The van der Waals surface area contributed by atoms with Crippen LogP contribution in [-0.2, 0) is 11.4 Å². The molecule has 2 rings (SSSR count). The summed E-state index contributed by atoms with van der Waals surface area (Å²) >= 11 is 11.6. The van der Waals surface area contributed by atoms with Crippen molar-refractivity contribution in [2.45, 2.75) is 6.61 Å². The number of benzene rings is 2. The van der Waals surface area contributed by atoms with Crippen molar-refractivity contribution in [1.82, 2.24) is 5.32 Å². The zero-order chi connectivity index (χ0) is 16.8. The maximum atomic E-state index is 11.9. The normalized spacial score (nSPS) is 10.2. The van der Waals surface area contributed by atoms with Gasteiger partial charge in [-0.1, -0.05) is 35.3 Å². The van der Waals surface area contributed by atoms with E-state index in [1.165, 1.54) is 18.2 Å². The summed E-state index contributed by atoms with van der Waals surface area (Å²) in [6.45, 7) is -0.305. The molecule has 23 heavy (non-hydrogen) atoms. The minimum absolute atomic E-state index is 0.113. The molecule has 0 unspecified atom stereocenters. The third-order valence-electron chi connectivity index (χ3n) is 2.98. The molecule has 0 aromatic heterocycles. The van der Waals surface area contributed by atoms with Crippen molar-refractivity contribution in [3.63, 3.8) is 0 Å². The van der Waals surface area contributed by atoms with Gasteiger partial charge in [-0.05, 0) is 35.9 Å². The molecular formula is C16H14Cl2N2O3. The first-order chi connectivity index (χ1) is 11.0. The first-order valence-electron chi connectivity index (χ1n) is 6.72. The average molecular weight is 353 g/mol.